The van der Waals surface area contributed by atoms with E-state index in [4.69, 9.17) is 4.42 Å². The van der Waals surface area contributed by atoms with E-state index in [2.05, 4.69) is 237 Å². The molecule has 70 heavy (non-hydrogen) atoms. The first-order valence-electron chi connectivity index (χ1n) is 24.4. The van der Waals surface area contributed by atoms with E-state index in [1.807, 2.05) is 6.07 Å². The standard InChI is InChI=1S/C69H40O/c1-2-19-46-41(16-1)32-36-57-66-51-24-4-3-20-47(51)58-39-43(33-35-56(58)68(66)69(67(46)57)60-29-12-9-21-48(60)49-22-10-13-30-61(49)69)42-17-15-18-44(38-42)64-52-25-5-7-27-54(52)65(55-28-8-6-26-53(55)64)45-34-37-63-59(40-45)50-23-11-14-31-62(50)70-63/h1-40H. The quantitative estimate of drug-likeness (QED) is 0.127. The van der Waals surface area contributed by atoms with Crippen LogP contribution in [0.2, 0.25) is 0 Å². The van der Waals surface area contributed by atoms with Crippen molar-refractivity contribution < 1.29 is 4.42 Å². The van der Waals surface area contributed by atoms with Crippen molar-refractivity contribution in [1.29, 1.82) is 0 Å². The molecule has 1 aromatic heterocycles. The van der Waals surface area contributed by atoms with Crippen molar-refractivity contribution in [2.24, 2.45) is 0 Å². The van der Waals surface area contributed by atoms with E-state index in [9.17, 15) is 0 Å². The summed E-state index contributed by atoms with van der Waals surface area (Å²) in [5, 5.41) is 14.9. The Morgan fingerprint density at radius 3 is 1.44 bits per heavy atom. The molecule has 0 atom stereocenters. The maximum Gasteiger partial charge on any atom is 0.135 e. The summed E-state index contributed by atoms with van der Waals surface area (Å²) in [6, 6.07) is 90.8. The van der Waals surface area contributed by atoms with Crippen molar-refractivity contribution in [3.8, 4) is 55.6 Å². The van der Waals surface area contributed by atoms with Crippen LogP contribution < -0.4 is 0 Å². The van der Waals surface area contributed by atoms with E-state index in [0.717, 1.165) is 21.9 Å². The molecule has 2 aliphatic carbocycles. The molecule has 322 valence electrons. The van der Waals surface area contributed by atoms with Gasteiger partial charge in [-0.1, -0.05) is 212 Å². The lowest BCUT2D eigenvalue weighted by Crippen LogP contribution is -2.26. The third kappa shape index (κ3) is 4.90. The Morgan fingerprint density at radius 2 is 0.743 bits per heavy atom. The SMILES string of the molecule is c1cc(-c2ccc3c4c(c5ccccc5c3c2)-c2ccc3ccccc3c2C42c3ccccc3-c3ccccc32)cc(-c2c3ccccc3c(-c3ccc4oc5ccccc5c4c3)c3ccccc23)c1. The van der Waals surface area contributed by atoms with Crippen molar-refractivity contribution in [1.82, 2.24) is 0 Å². The molecular weight excluding hydrogens is 845 g/mol. The summed E-state index contributed by atoms with van der Waals surface area (Å²) in [5.41, 5.74) is 19.4. The summed E-state index contributed by atoms with van der Waals surface area (Å²) >= 11 is 0. The van der Waals surface area contributed by atoms with Crippen LogP contribution in [0.1, 0.15) is 22.3 Å². The van der Waals surface area contributed by atoms with Gasteiger partial charge >= 0.3 is 0 Å². The van der Waals surface area contributed by atoms with Crippen LogP contribution in [0.5, 0.6) is 0 Å². The highest BCUT2D eigenvalue weighted by Gasteiger charge is 2.53. The molecule has 0 fully saturated rings. The zero-order chi connectivity index (χ0) is 45.7. The molecular formula is C69H40O. The molecule has 0 amide bonds. The normalized spacial score (nSPS) is 13.3. The van der Waals surface area contributed by atoms with Gasteiger partial charge in [-0.05, 0) is 162 Å². The lowest BCUT2D eigenvalue weighted by atomic mass is 9.68. The molecule has 14 aromatic rings. The van der Waals surface area contributed by atoms with Gasteiger partial charge in [0.2, 0.25) is 0 Å². The van der Waals surface area contributed by atoms with Crippen LogP contribution in [0, 0.1) is 0 Å². The summed E-state index contributed by atoms with van der Waals surface area (Å²) in [4.78, 5) is 0. The van der Waals surface area contributed by atoms with Crippen molar-refractivity contribution in [3.05, 3.63) is 265 Å². The van der Waals surface area contributed by atoms with Gasteiger partial charge in [0.25, 0.3) is 0 Å². The maximum atomic E-state index is 6.28. The van der Waals surface area contributed by atoms with Gasteiger partial charge in [0, 0.05) is 10.8 Å². The highest BCUT2D eigenvalue weighted by molar-refractivity contribution is 6.24. The number of hydrogen-bond donors (Lipinski definition) is 0. The molecule has 0 saturated heterocycles. The van der Waals surface area contributed by atoms with Gasteiger partial charge in [-0.2, -0.15) is 0 Å². The second-order valence-electron chi connectivity index (χ2n) is 19.3. The summed E-state index contributed by atoms with van der Waals surface area (Å²) in [7, 11) is 0. The number of benzene rings is 13. The van der Waals surface area contributed by atoms with E-state index >= 15 is 0 Å². The predicted molar refractivity (Wildman–Crippen MR) is 294 cm³/mol. The first-order chi connectivity index (χ1) is 34.7. The fourth-order valence-electron chi connectivity index (χ4n) is 13.3. The Labute approximate surface area is 404 Å². The van der Waals surface area contributed by atoms with Crippen LogP contribution in [0.3, 0.4) is 0 Å². The van der Waals surface area contributed by atoms with E-state index in [-0.39, 0.29) is 0 Å². The van der Waals surface area contributed by atoms with E-state index in [0.29, 0.717) is 0 Å². The third-order valence-electron chi connectivity index (χ3n) is 16.0. The zero-order valence-electron chi connectivity index (χ0n) is 38.0. The van der Waals surface area contributed by atoms with Crippen molar-refractivity contribution >= 4 is 75.8 Å². The second-order valence-corrected chi connectivity index (χ2v) is 19.3. The van der Waals surface area contributed by atoms with E-state index in [1.165, 1.54) is 132 Å². The molecule has 0 unspecified atom stereocenters. The number of para-hydroxylation sites is 1. The topological polar surface area (TPSA) is 13.1 Å². The molecule has 1 nitrogen and oxygen atoms in total. The molecule has 0 N–H and O–H groups in total. The van der Waals surface area contributed by atoms with Crippen LogP contribution in [-0.2, 0) is 5.41 Å². The monoisotopic (exact) mass is 884 g/mol. The Bertz CT molecular complexity index is 4500. The van der Waals surface area contributed by atoms with Gasteiger partial charge in [-0.25, -0.2) is 0 Å². The van der Waals surface area contributed by atoms with Gasteiger partial charge in [0.05, 0.1) is 5.41 Å². The van der Waals surface area contributed by atoms with Gasteiger partial charge in [-0.15, -0.1) is 0 Å². The molecule has 0 saturated carbocycles. The highest BCUT2D eigenvalue weighted by atomic mass is 16.3. The highest BCUT2D eigenvalue weighted by Crippen LogP contribution is 2.66. The van der Waals surface area contributed by atoms with Gasteiger partial charge < -0.3 is 4.42 Å². The largest absolute Gasteiger partial charge is 0.456 e. The molecule has 1 heteroatoms. The fourth-order valence-corrected chi connectivity index (χ4v) is 13.3. The molecule has 13 aromatic carbocycles. The smallest absolute Gasteiger partial charge is 0.135 e. The Hall–Kier alpha value is -9.04. The number of hydrogen-bond acceptors (Lipinski definition) is 1. The third-order valence-corrected chi connectivity index (χ3v) is 16.0. The molecule has 16 rings (SSSR count). The molecule has 2 aliphatic rings. The molecule has 1 spiro atoms. The molecule has 1 heterocycles. The Morgan fingerprint density at radius 1 is 0.243 bits per heavy atom. The van der Waals surface area contributed by atoms with Crippen LogP contribution in [0.25, 0.3) is 131 Å². The van der Waals surface area contributed by atoms with E-state index < -0.39 is 5.41 Å². The first kappa shape index (κ1) is 38.0. The van der Waals surface area contributed by atoms with Crippen LogP contribution in [-0.4, -0.2) is 0 Å². The molecule has 0 aliphatic heterocycles. The minimum Gasteiger partial charge on any atom is -0.456 e. The Kier molecular flexibility index (Phi) is 7.60. The van der Waals surface area contributed by atoms with Crippen molar-refractivity contribution in [2.75, 3.05) is 0 Å². The number of fused-ring (bicyclic) bond motifs is 22. The first-order valence-corrected chi connectivity index (χ1v) is 24.4. The second kappa shape index (κ2) is 14.0. The van der Waals surface area contributed by atoms with Gasteiger partial charge in [0.1, 0.15) is 11.2 Å². The predicted octanol–water partition coefficient (Wildman–Crippen LogP) is 18.7. The summed E-state index contributed by atoms with van der Waals surface area (Å²) in [5.74, 6) is 0. The van der Waals surface area contributed by atoms with Crippen molar-refractivity contribution in [3.63, 3.8) is 0 Å². The fraction of sp³-hybridized carbons (Fsp3) is 0.0145. The van der Waals surface area contributed by atoms with Crippen molar-refractivity contribution in [2.45, 2.75) is 5.41 Å². The average molecular weight is 885 g/mol. The lowest BCUT2D eigenvalue weighted by molar-refractivity contribution is 0.669. The number of furan rings is 1. The average Bonchev–Trinajstić information content (AvgIpc) is 4.07. The van der Waals surface area contributed by atoms with Crippen LogP contribution >= 0.6 is 0 Å². The maximum absolute atomic E-state index is 6.28. The molecule has 0 bridgehead atoms. The summed E-state index contributed by atoms with van der Waals surface area (Å²) in [6.07, 6.45) is 0. The lowest BCUT2D eigenvalue weighted by Gasteiger charge is -2.32. The number of rotatable bonds is 3. The molecule has 0 radical (unpaired) electrons. The minimum absolute atomic E-state index is 0.505. The minimum atomic E-state index is -0.505. The van der Waals surface area contributed by atoms with Crippen LogP contribution in [0.15, 0.2) is 247 Å². The Balaban J connectivity index is 0.931. The van der Waals surface area contributed by atoms with Crippen LogP contribution in [0.4, 0.5) is 0 Å². The van der Waals surface area contributed by atoms with E-state index in [1.54, 1.807) is 0 Å². The summed E-state index contributed by atoms with van der Waals surface area (Å²) < 4.78 is 6.28. The zero-order valence-corrected chi connectivity index (χ0v) is 38.0. The van der Waals surface area contributed by atoms with Gasteiger partial charge in [-0.3, -0.25) is 0 Å². The summed E-state index contributed by atoms with van der Waals surface area (Å²) in [6.45, 7) is 0. The van der Waals surface area contributed by atoms with Gasteiger partial charge in [0.15, 0.2) is 0 Å².